The van der Waals surface area contributed by atoms with E-state index in [1.165, 1.54) is 0 Å². The van der Waals surface area contributed by atoms with Crippen LogP contribution in [0, 0.1) is 0 Å². The van der Waals surface area contributed by atoms with Crippen LogP contribution in [0.25, 0.3) is 22.6 Å². The normalized spacial score (nSPS) is 17.0. The number of nitrogens with zero attached hydrogens (tertiary/aromatic N) is 5. The lowest BCUT2D eigenvalue weighted by atomic mass is 10.1. The molecule has 3 aromatic heterocycles. The highest BCUT2D eigenvalue weighted by Crippen LogP contribution is 2.39. The third-order valence-electron chi connectivity index (χ3n) is 6.11. The predicted octanol–water partition coefficient (Wildman–Crippen LogP) is 3.99. The Bertz CT molecular complexity index is 1360. The fourth-order valence-corrected chi connectivity index (χ4v) is 4.46. The highest BCUT2D eigenvalue weighted by molar-refractivity contribution is 6.05. The predicted molar refractivity (Wildman–Crippen MR) is 124 cm³/mol. The van der Waals surface area contributed by atoms with E-state index in [0.29, 0.717) is 30.4 Å². The Morgan fingerprint density at radius 2 is 1.97 bits per heavy atom. The molecule has 9 nitrogen and oxygen atoms in total. The maximum absolute atomic E-state index is 9.22. The first-order valence-electron chi connectivity index (χ1n) is 10.9. The van der Waals surface area contributed by atoms with E-state index in [1.807, 2.05) is 24.3 Å². The van der Waals surface area contributed by atoms with E-state index in [1.54, 1.807) is 18.6 Å². The molecule has 6 rings (SSSR count). The first-order chi connectivity index (χ1) is 16.3. The summed E-state index contributed by atoms with van der Waals surface area (Å²) in [5.41, 5.74) is 5.23. The van der Waals surface area contributed by atoms with Gasteiger partial charge in [0.25, 0.3) is 0 Å². The minimum atomic E-state index is 0.508. The van der Waals surface area contributed by atoms with Gasteiger partial charge < -0.3 is 24.6 Å². The van der Waals surface area contributed by atoms with E-state index < -0.39 is 0 Å². The lowest BCUT2D eigenvalue weighted by Gasteiger charge is -2.27. The summed E-state index contributed by atoms with van der Waals surface area (Å²) in [5.74, 6) is 1.92. The standard InChI is InChI=1S/C24H22N6O3/c31-29-19-4-1-15-13-16(2-3-17(15)19)27-22-18-5-7-25-14-20(18)33-23(22)24-26-8-6-21(28-24)30-9-11-32-12-10-30/h2-3,5-8,13-14,27,31H,1,4,9-12H2/b29-19-. The number of hydrogen-bond acceptors (Lipinski definition) is 9. The fourth-order valence-electron chi connectivity index (χ4n) is 4.46. The molecule has 4 heterocycles. The first-order valence-corrected chi connectivity index (χ1v) is 10.9. The van der Waals surface area contributed by atoms with Crippen LogP contribution in [-0.4, -0.2) is 52.2 Å². The van der Waals surface area contributed by atoms with Crippen molar-refractivity contribution in [1.29, 1.82) is 0 Å². The number of morpholine rings is 1. The van der Waals surface area contributed by atoms with Gasteiger partial charge in [-0.25, -0.2) is 9.97 Å². The van der Waals surface area contributed by atoms with Crippen LogP contribution in [0.1, 0.15) is 17.5 Å². The number of aryl methyl sites for hydroxylation is 1. The summed E-state index contributed by atoms with van der Waals surface area (Å²) in [4.78, 5) is 15.7. The van der Waals surface area contributed by atoms with Gasteiger partial charge >= 0.3 is 0 Å². The third kappa shape index (κ3) is 3.56. The Hall–Kier alpha value is -3.98. The number of oxime groups is 1. The zero-order valence-electron chi connectivity index (χ0n) is 17.9. The lowest BCUT2D eigenvalue weighted by Crippen LogP contribution is -2.36. The Kier molecular flexibility index (Phi) is 4.88. The van der Waals surface area contributed by atoms with Crippen LogP contribution in [0.2, 0.25) is 0 Å². The summed E-state index contributed by atoms with van der Waals surface area (Å²) in [6.45, 7) is 2.95. The maximum atomic E-state index is 9.22. The van der Waals surface area contributed by atoms with Crippen LogP contribution >= 0.6 is 0 Å². The van der Waals surface area contributed by atoms with Crippen molar-refractivity contribution >= 4 is 33.9 Å². The SMILES string of the molecule is O/N=C1/CCc2cc(Nc3c(-c4nccc(N5CCOCC5)n4)oc4cnccc34)ccc21. The van der Waals surface area contributed by atoms with Crippen molar-refractivity contribution in [3.63, 3.8) is 0 Å². The van der Waals surface area contributed by atoms with Gasteiger partial charge in [-0.05, 0) is 42.7 Å². The van der Waals surface area contributed by atoms with Crippen molar-refractivity contribution in [2.75, 3.05) is 36.5 Å². The van der Waals surface area contributed by atoms with E-state index >= 15 is 0 Å². The molecule has 4 aromatic rings. The van der Waals surface area contributed by atoms with E-state index in [0.717, 1.165) is 65.3 Å². The quantitative estimate of drug-likeness (QED) is 0.361. The molecule has 0 saturated carbocycles. The number of ether oxygens (including phenoxy) is 1. The van der Waals surface area contributed by atoms with Crippen molar-refractivity contribution in [3.8, 4) is 11.6 Å². The van der Waals surface area contributed by atoms with Gasteiger partial charge in [-0.1, -0.05) is 11.2 Å². The Balaban J connectivity index is 1.41. The molecule has 2 N–H and O–H groups in total. The molecular weight excluding hydrogens is 420 g/mol. The molecular formula is C24H22N6O3. The van der Waals surface area contributed by atoms with Crippen LogP contribution in [0.15, 0.2) is 58.5 Å². The molecule has 0 spiro atoms. The number of rotatable bonds is 4. The van der Waals surface area contributed by atoms with Gasteiger partial charge in [-0.3, -0.25) is 4.98 Å². The zero-order chi connectivity index (χ0) is 22.2. The van der Waals surface area contributed by atoms with Gasteiger partial charge in [0.2, 0.25) is 0 Å². The van der Waals surface area contributed by atoms with E-state index in [2.05, 4.69) is 31.4 Å². The Morgan fingerprint density at radius 3 is 2.85 bits per heavy atom. The molecule has 1 aliphatic carbocycles. The molecule has 1 fully saturated rings. The number of furan rings is 1. The summed E-state index contributed by atoms with van der Waals surface area (Å²) in [5, 5.41) is 17.1. The largest absolute Gasteiger partial charge is 0.449 e. The highest BCUT2D eigenvalue weighted by Gasteiger charge is 2.22. The number of fused-ring (bicyclic) bond motifs is 2. The summed E-state index contributed by atoms with van der Waals surface area (Å²) in [6, 6.07) is 9.87. The van der Waals surface area contributed by atoms with Gasteiger partial charge in [-0.2, -0.15) is 0 Å². The van der Waals surface area contributed by atoms with Crippen molar-refractivity contribution in [2.24, 2.45) is 5.16 Å². The van der Waals surface area contributed by atoms with E-state index in [-0.39, 0.29) is 0 Å². The second kappa shape index (κ2) is 8.18. The molecule has 9 heteroatoms. The Morgan fingerprint density at radius 1 is 1.06 bits per heavy atom. The summed E-state index contributed by atoms with van der Waals surface area (Å²) in [6.07, 6.45) is 6.78. The number of hydrogen-bond donors (Lipinski definition) is 2. The minimum absolute atomic E-state index is 0.508. The third-order valence-corrected chi connectivity index (χ3v) is 6.11. The van der Waals surface area contributed by atoms with Crippen LogP contribution in [0.5, 0.6) is 0 Å². The van der Waals surface area contributed by atoms with Gasteiger partial charge in [0.15, 0.2) is 17.2 Å². The molecule has 0 radical (unpaired) electrons. The second-order valence-corrected chi connectivity index (χ2v) is 8.06. The molecule has 0 atom stereocenters. The minimum Gasteiger partial charge on any atom is -0.449 e. The smallest absolute Gasteiger partial charge is 0.199 e. The Labute approximate surface area is 189 Å². The molecule has 0 bridgehead atoms. The van der Waals surface area contributed by atoms with Gasteiger partial charge in [-0.15, -0.1) is 0 Å². The van der Waals surface area contributed by atoms with Crippen molar-refractivity contribution in [3.05, 3.63) is 60.0 Å². The summed E-state index contributed by atoms with van der Waals surface area (Å²) in [7, 11) is 0. The zero-order valence-corrected chi connectivity index (χ0v) is 17.9. The van der Waals surface area contributed by atoms with Crippen LogP contribution in [-0.2, 0) is 11.2 Å². The molecule has 166 valence electrons. The van der Waals surface area contributed by atoms with Gasteiger partial charge in [0.1, 0.15) is 5.82 Å². The number of benzene rings is 1. The van der Waals surface area contributed by atoms with Crippen molar-refractivity contribution in [1.82, 2.24) is 15.0 Å². The number of pyridine rings is 1. The van der Waals surface area contributed by atoms with Crippen LogP contribution < -0.4 is 10.2 Å². The topological polar surface area (TPSA) is 109 Å². The molecule has 33 heavy (non-hydrogen) atoms. The monoisotopic (exact) mass is 442 g/mol. The van der Waals surface area contributed by atoms with Crippen LogP contribution in [0.3, 0.4) is 0 Å². The number of nitrogens with one attached hydrogen (secondary N) is 1. The van der Waals surface area contributed by atoms with Gasteiger partial charge in [0.05, 0.1) is 30.8 Å². The fraction of sp³-hybridized carbons (Fsp3) is 0.250. The van der Waals surface area contributed by atoms with Crippen molar-refractivity contribution < 1.29 is 14.4 Å². The van der Waals surface area contributed by atoms with E-state index in [4.69, 9.17) is 14.1 Å². The molecule has 0 unspecified atom stereocenters. The first kappa shape index (κ1) is 19.7. The van der Waals surface area contributed by atoms with Gasteiger partial charge in [0, 0.05) is 42.1 Å². The molecule has 1 saturated heterocycles. The molecule has 1 aliphatic heterocycles. The average molecular weight is 442 g/mol. The summed E-state index contributed by atoms with van der Waals surface area (Å²) < 4.78 is 11.6. The molecule has 1 aromatic carbocycles. The number of anilines is 3. The molecule has 0 amide bonds. The highest BCUT2D eigenvalue weighted by atomic mass is 16.5. The lowest BCUT2D eigenvalue weighted by molar-refractivity contribution is 0.122. The maximum Gasteiger partial charge on any atom is 0.199 e. The summed E-state index contributed by atoms with van der Waals surface area (Å²) >= 11 is 0. The van der Waals surface area contributed by atoms with Crippen LogP contribution in [0.4, 0.5) is 17.2 Å². The van der Waals surface area contributed by atoms with Crippen molar-refractivity contribution in [2.45, 2.75) is 12.8 Å². The number of aromatic nitrogens is 3. The average Bonchev–Trinajstić information content (AvgIpc) is 3.46. The van der Waals surface area contributed by atoms with E-state index in [9.17, 15) is 5.21 Å². The molecule has 2 aliphatic rings. The second-order valence-electron chi connectivity index (χ2n) is 8.06.